The highest BCUT2D eigenvalue weighted by Crippen LogP contribution is 2.19. The monoisotopic (exact) mass is 219 g/mol. The first-order valence-electron chi connectivity index (χ1n) is 5.40. The predicted octanol–water partition coefficient (Wildman–Crippen LogP) is 3.10. The minimum absolute atomic E-state index is 0.0383. The molecule has 0 heterocycles. The number of hydrogen-bond acceptors (Lipinski definition) is 2. The summed E-state index contributed by atoms with van der Waals surface area (Å²) in [7, 11) is 0. The molecule has 3 nitrogen and oxygen atoms in total. The van der Waals surface area contributed by atoms with Gasteiger partial charge in [-0.1, -0.05) is 36.4 Å². The van der Waals surface area contributed by atoms with E-state index < -0.39 is 0 Å². The quantitative estimate of drug-likeness (QED) is 0.199. The van der Waals surface area contributed by atoms with Crippen molar-refractivity contribution >= 4 is 6.21 Å². The molecule has 0 radical (unpaired) electrons. The van der Waals surface area contributed by atoms with Crippen LogP contribution in [-0.4, -0.2) is 16.3 Å². The highest BCUT2D eigenvalue weighted by atomic mass is 16.8. The highest BCUT2D eigenvalue weighted by molar-refractivity contribution is 5.63. The van der Waals surface area contributed by atoms with E-state index in [0.29, 0.717) is 0 Å². The maximum Gasteiger partial charge on any atom is 0.217 e. The van der Waals surface area contributed by atoms with E-state index >= 15 is 0 Å². The summed E-state index contributed by atoms with van der Waals surface area (Å²) in [5.41, 5.74) is 1.04. The summed E-state index contributed by atoms with van der Waals surface area (Å²) in [5, 5.41) is 19.4. The molecule has 0 aliphatic heterocycles. The molecule has 0 saturated carbocycles. The van der Waals surface area contributed by atoms with Crippen LogP contribution in [-0.2, 0) is 0 Å². The molecule has 0 fully saturated rings. The van der Waals surface area contributed by atoms with Gasteiger partial charge in [-0.2, -0.15) is 0 Å². The summed E-state index contributed by atoms with van der Waals surface area (Å²) in [6.45, 7) is 3.66. The van der Waals surface area contributed by atoms with Gasteiger partial charge in [0.15, 0.2) is 0 Å². The van der Waals surface area contributed by atoms with Crippen molar-refractivity contribution in [3.8, 4) is 0 Å². The summed E-state index contributed by atoms with van der Waals surface area (Å²) in [6.07, 6.45) is 5.85. The molecule has 0 amide bonds. The van der Waals surface area contributed by atoms with Gasteiger partial charge >= 0.3 is 0 Å². The Morgan fingerprint density at radius 2 is 2.06 bits per heavy atom. The van der Waals surface area contributed by atoms with Crippen molar-refractivity contribution in [3.05, 3.63) is 53.8 Å². The topological polar surface area (TPSA) is 46.3 Å². The second kappa shape index (κ2) is 6.67. The van der Waals surface area contributed by atoms with Crippen LogP contribution in [0.4, 0.5) is 0 Å². The minimum atomic E-state index is -0.106. The van der Waals surface area contributed by atoms with E-state index in [9.17, 15) is 5.21 Å². The van der Waals surface area contributed by atoms with E-state index in [-0.39, 0.29) is 10.8 Å². The molecule has 1 aromatic carbocycles. The van der Waals surface area contributed by atoms with Crippen molar-refractivity contribution in [2.45, 2.75) is 25.2 Å². The summed E-state index contributed by atoms with van der Waals surface area (Å²) in [4.78, 5) is -0.106. The molecule has 1 aromatic rings. The lowest BCUT2D eigenvalue weighted by Gasteiger charge is -2.09. The molecule has 1 rings (SSSR count). The van der Waals surface area contributed by atoms with Crippen molar-refractivity contribution < 1.29 is 10.1 Å². The molecule has 16 heavy (non-hydrogen) atoms. The van der Waals surface area contributed by atoms with Gasteiger partial charge in [0.25, 0.3) is 0 Å². The molecule has 0 spiro atoms. The Morgan fingerprint density at radius 3 is 2.62 bits per heavy atom. The molecule has 0 aliphatic carbocycles. The number of benzene rings is 1. The zero-order chi connectivity index (χ0) is 11.8. The van der Waals surface area contributed by atoms with Crippen molar-refractivity contribution in [2.75, 3.05) is 0 Å². The molecule has 0 saturated heterocycles. The fourth-order valence-corrected chi connectivity index (χ4v) is 1.66. The van der Waals surface area contributed by atoms with Crippen molar-refractivity contribution in [3.63, 3.8) is 0 Å². The Balaban J connectivity index is 2.71. The summed E-state index contributed by atoms with van der Waals surface area (Å²) in [6, 6.07) is 9.70. The molecule has 1 unspecified atom stereocenters. The Labute approximate surface area is 95.9 Å². The first kappa shape index (κ1) is 12.3. The average Bonchev–Trinajstić information content (AvgIpc) is 2.29. The average molecular weight is 219 g/mol. The molecule has 86 valence electrons. The van der Waals surface area contributed by atoms with E-state index in [1.54, 1.807) is 0 Å². The zero-order valence-corrected chi connectivity index (χ0v) is 9.25. The van der Waals surface area contributed by atoms with E-state index in [1.165, 1.54) is 6.21 Å². The van der Waals surface area contributed by atoms with Gasteiger partial charge in [-0.25, -0.2) is 0 Å². The number of rotatable bonds is 6. The van der Waals surface area contributed by atoms with Gasteiger partial charge in [0.05, 0.1) is 5.92 Å². The third-order valence-corrected chi connectivity index (χ3v) is 2.46. The molecule has 0 aromatic heterocycles. The largest absolute Gasteiger partial charge is 0.418 e. The molecular formula is C13H17NO2. The molecule has 0 bridgehead atoms. The lowest BCUT2D eigenvalue weighted by molar-refractivity contribution is -0.723. The van der Waals surface area contributed by atoms with Crippen molar-refractivity contribution in [1.29, 1.82) is 0 Å². The zero-order valence-electron chi connectivity index (χ0n) is 9.25. The van der Waals surface area contributed by atoms with Gasteiger partial charge in [0, 0.05) is 4.90 Å². The number of hydrogen-bond donors (Lipinski definition) is 1. The van der Waals surface area contributed by atoms with Crippen LogP contribution in [0.1, 0.15) is 30.7 Å². The van der Waals surface area contributed by atoms with Crippen LogP contribution in [0.3, 0.4) is 0 Å². The van der Waals surface area contributed by atoms with E-state index in [2.05, 4.69) is 6.58 Å². The van der Waals surface area contributed by atoms with Gasteiger partial charge in [0.2, 0.25) is 6.21 Å². The van der Waals surface area contributed by atoms with Crippen LogP contribution < -0.4 is 0 Å². The predicted molar refractivity (Wildman–Crippen MR) is 64.7 cm³/mol. The van der Waals surface area contributed by atoms with E-state index in [0.717, 1.165) is 24.8 Å². The van der Waals surface area contributed by atoms with Crippen LogP contribution in [0.25, 0.3) is 0 Å². The Hall–Kier alpha value is -1.77. The smallest absolute Gasteiger partial charge is 0.217 e. The molecule has 1 atom stereocenters. The molecular weight excluding hydrogens is 202 g/mol. The van der Waals surface area contributed by atoms with Gasteiger partial charge < -0.3 is 5.21 Å². The normalized spacial score (nSPS) is 13.4. The lowest BCUT2D eigenvalue weighted by atomic mass is 9.95. The summed E-state index contributed by atoms with van der Waals surface area (Å²) >= 11 is 0. The Bertz CT molecular complexity index is 342. The van der Waals surface area contributed by atoms with Crippen LogP contribution in [0.15, 0.2) is 43.0 Å². The fraction of sp³-hybridized carbons (Fsp3) is 0.308. The van der Waals surface area contributed by atoms with Crippen molar-refractivity contribution in [1.82, 2.24) is 0 Å². The van der Waals surface area contributed by atoms with Crippen LogP contribution in [0, 0.1) is 5.21 Å². The Morgan fingerprint density at radius 1 is 1.38 bits per heavy atom. The van der Waals surface area contributed by atoms with Crippen LogP contribution >= 0.6 is 0 Å². The third-order valence-electron chi connectivity index (χ3n) is 2.46. The summed E-state index contributed by atoms with van der Waals surface area (Å²) in [5.74, 6) is -0.0383. The van der Waals surface area contributed by atoms with Crippen molar-refractivity contribution in [2.24, 2.45) is 0 Å². The molecule has 1 N–H and O–H groups in total. The molecule has 0 aliphatic rings. The van der Waals surface area contributed by atoms with Gasteiger partial charge in [0.1, 0.15) is 0 Å². The Kier molecular flexibility index (Phi) is 5.12. The number of nitrogens with zero attached hydrogens (tertiary/aromatic N) is 1. The number of unbranched alkanes of at least 4 members (excludes halogenated alkanes) is 1. The second-order valence-electron chi connectivity index (χ2n) is 3.69. The van der Waals surface area contributed by atoms with E-state index in [1.807, 2.05) is 36.4 Å². The SMILES string of the molecule is C=CCCCC(/C=[N+](\[O-])O)c1ccccc1. The van der Waals surface area contributed by atoms with Gasteiger partial charge in [-0.05, 0) is 24.8 Å². The second-order valence-corrected chi connectivity index (χ2v) is 3.69. The standard InChI is InChI=1S/C13H17NO2/c1-2-3-5-10-13(11-14(15)16)12-8-6-4-7-9-12/h2,4,6-9,11,13H,1,3,5,10H2,(H,15,16). The van der Waals surface area contributed by atoms with Crippen LogP contribution in [0.2, 0.25) is 0 Å². The first-order chi connectivity index (χ1) is 7.74. The van der Waals surface area contributed by atoms with Crippen LogP contribution in [0.5, 0.6) is 0 Å². The van der Waals surface area contributed by atoms with E-state index in [4.69, 9.17) is 5.21 Å². The minimum Gasteiger partial charge on any atom is -0.418 e. The van der Waals surface area contributed by atoms with Gasteiger partial charge in [-0.15, -0.1) is 6.58 Å². The maximum absolute atomic E-state index is 10.7. The number of allylic oxidation sites excluding steroid dienone is 1. The summed E-state index contributed by atoms with van der Waals surface area (Å²) < 4.78 is 0. The lowest BCUT2D eigenvalue weighted by Crippen LogP contribution is -2.08. The third kappa shape index (κ3) is 4.17. The molecule has 3 heteroatoms. The highest BCUT2D eigenvalue weighted by Gasteiger charge is 2.12. The first-order valence-corrected chi connectivity index (χ1v) is 5.40. The maximum atomic E-state index is 10.7. The fourth-order valence-electron chi connectivity index (χ4n) is 1.66. The van der Waals surface area contributed by atoms with Gasteiger partial charge in [-0.3, -0.25) is 5.21 Å².